The normalized spacial score (nSPS) is 42.0. The molecule has 0 heterocycles. The van der Waals surface area contributed by atoms with E-state index in [0.29, 0.717) is 12.8 Å². The first-order chi connectivity index (χ1) is 3.29. The molecule has 1 aliphatic carbocycles. The van der Waals surface area contributed by atoms with Crippen molar-refractivity contribution in [3.8, 4) is 0 Å². The molecule has 2 atom stereocenters. The van der Waals surface area contributed by atoms with Crippen LogP contribution in [0, 0.1) is 0 Å². The highest BCUT2D eigenvalue weighted by Crippen LogP contribution is 2.21. The van der Waals surface area contributed by atoms with Gasteiger partial charge in [-0.3, -0.25) is 0 Å². The van der Waals surface area contributed by atoms with Crippen molar-refractivity contribution in [3.63, 3.8) is 0 Å². The van der Waals surface area contributed by atoms with Gasteiger partial charge in [-0.15, -0.1) is 0 Å². The van der Waals surface area contributed by atoms with Crippen molar-refractivity contribution >= 4 is 0 Å². The molecule has 1 aliphatic rings. The average Bonchev–Trinajstić information content (AvgIpc) is 1.87. The summed E-state index contributed by atoms with van der Waals surface area (Å²) in [6.45, 7) is 0. The van der Waals surface area contributed by atoms with Crippen molar-refractivity contribution < 1.29 is 9.50 Å². The fourth-order valence-electron chi connectivity index (χ4n) is 0.888. The molecule has 1 nitrogen and oxygen atoms in total. The molecule has 7 heavy (non-hydrogen) atoms. The maximum absolute atomic E-state index is 12.0. The largest absolute Gasteiger partial charge is 0.247 e. The van der Waals surface area contributed by atoms with Crippen molar-refractivity contribution in [2.75, 3.05) is 0 Å². The van der Waals surface area contributed by atoms with Gasteiger partial charge in [-0.25, -0.2) is 9.50 Å². The van der Waals surface area contributed by atoms with Crippen LogP contribution in [-0.4, -0.2) is 12.3 Å². The van der Waals surface area contributed by atoms with Gasteiger partial charge in [-0.05, 0) is 12.8 Å². The average molecular weight is 103 g/mol. The fraction of sp³-hybridized carbons (Fsp3) is 1.00. The summed E-state index contributed by atoms with van der Waals surface area (Å²) < 4.78 is 12.0. The summed E-state index contributed by atoms with van der Waals surface area (Å²) in [6, 6.07) is 0. The van der Waals surface area contributed by atoms with Gasteiger partial charge in [0.25, 0.3) is 0 Å². The first-order valence-electron chi connectivity index (χ1n) is 2.59. The van der Waals surface area contributed by atoms with Crippen LogP contribution in [0.4, 0.5) is 4.39 Å². The summed E-state index contributed by atoms with van der Waals surface area (Å²) in [5.74, 6) is 0. The Kier molecular flexibility index (Phi) is 1.28. The van der Waals surface area contributed by atoms with Crippen molar-refractivity contribution in [3.05, 3.63) is 0 Å². The number of hydrogen-bond acceptors (Lipinski definition) is 0. The number of halogens is 1. The summed E-state index contributed by atoms with van der Waals surface area (Å²) in [7, 11) is 0. The second-order valence-corrected chi connectivity index (χ2v) is 2.03. The van der Waals surface area contributed by atoms with Crippen LogP contribution in [0.15, 0.2) is 0 Å². The van der Waals surface area contributed by atoms with Gasteiger partial charge in [0, 0.05) is 6.42 Å². The summed E-state index contributed by atoms with van der Waals surface area (Å²) in [5, 5.41) is 10.3. The minimum absolute atomic E-state index is 0.250. The third-order valence-electron chi connectivity index (χ3n) is 1.32. The predicted molar refractivity (Wildman–Crippen MR) is 23.2 cm³/mol. The molecule has 0 bridgehead atoms. The van der Waals surface area contributed by atoms with E-state index >= 15 is 0 Å². The van der Waals surface area contributed by atoms with E-state index in [-0.39, 0.29) is 6.42 Å². The van der Waals surface area contributed by atoms with Gasteiger partial charge in [0.1, 0.15) is 6.17 Å². The Morgan fingerprint density at radius 3 is 2.29 bits per heavy atom. The van der Waals surface area contributed by atoms with Crippen molar-refractivity contribution in [2.45, 2.75) is 31.5 Å². The van der Waals surface area contributed by atoms with Gasteiger partial charge in [0.15, 0.2) is 0 Å². The Bertz CT molecular complexity index is 57.1. The third-order valence-corrected chi connectivity index (χ3v) is 1.32. The third kappa shape index (κ3) is 1.13. The van der Waals surface area contributed by atoms with Gasteiger partial charge in [0.2, 0.25) is 0 Å². The maximum Gasteiger partial charge on any atom is 0.103 e. The van der Waals surface area contributed by atoms with E-state index in [9.17, 15) is 9.50 Å². The molecule has 1 fully saturated rings. The second-order valence-electron chi connectivity index (χ2n) is 2.03. The lowest BCUT2D eigenvalue weighted by molar-refractivity contribution is 0.0891. The minimum atomic E-state index is -0.789. The Morgan fingerprint density at radius 1 is 1.43 bits per heavy atom. The van der Waals surface area contributed by atoms with Crippen molar-refractivity contribution in [1.29, 1.82) is 0 Å². The Hall–Kier alpha value is -0.110. The molecule has 0 spiro atoms. The highest BCUT2D eigenvalue weighted by Gasteiger charge is 2.22. The van der Waals surface area contributed by atoms with Gasteiger partial charge in [0.05, 0.1) is 6.10 Å². The van der Waals surface area contributed by atoms with Crippen LogP contribution in [0.1, 0.15) is 19.3 Å². The quantitative estimate of drug-likeness (QED) is 0.440. The standard InChI is InChI=1S/C5H8FO/c6-4-1-2-5(7)3-4/h4-5H,1-3H2. The maximum atomic E-state index is 12.0. The van der Waals surface area contributed by atoms with E-state index in [4.69, 9.17) is 0 Å². The van der Waals surface area contributed by atoms with Crippen LogP contribution in [0.25, 0.3) is 0 Å². The molecule has 0 amide bonds. The molecule has 41 valence electrons. The van der Waals surface area contributed by atoms with Crippen molar-refractivity contribution in [2.24, 2.45) is 0 Å². The summed E-state index contributed by atoms with van der Waals surface area (Å²) >= 11 is 0. The zero-order valence-electron chi connectivity index (χ0n) is 4.06. The number of hydrogen-bond donors (Lipinski definition) is 0. The Morgan fingerprint density at radius 2 is 2.14 bits per heavy atom. The van der Waals surface area contributed by atoms with Crippen LogP contribution in [0.5, 0.6) is 0 Å². The lowest BCUT2D eigenvalue weighted by Gasteiger charge is -1.90. The fourth-order valence-corrected chi connectivity index (χ4v) is 0.888. The van der Waals surface area contributed by atoms with E-state index in [0.717, 1.165) is 0 Å². The molecular weight excluding hydrogens is 95.1 g/mol. The van der Waals surface area contributed by atoms with Crippen LogP contribution >= 0.6 is 0 Å². The summed E-state index contributed by atoms with van der Waals surface area (Å²) in [6.07, 6.45) is -0.104. The topological polar surface area (TPSA) is 19.9 Å². The first-order valence-corrected chi connectivity index (χ1v) is 2.59. The highest BCUT2D eigenvalue weighted by molar-refractivity contribution is 4.72. The van der Waals surface area contributed by atoms with Gasteiger partial charge in [-0.1, -0.05) is 0 Å². The number of alkyl halides is 1. The summed E-state index contributed by atoms with van der Waals surface area (Å²) in [4.78, 5) is 0. The molecule has 0 aromatic rings. The number of rotatable bonds is 0. The minimum Gasteiger partial charge on any atom is -0.247 e. The molecule has 0 aromatic carbocycles. The van der Waals surface area contributed by atoms with E-state index < -0.39 is 12.3 Å². The van der Waals surface area contributed by atoms with Crippen LogP contribution in [0.2, 0.25) is 0 Å². The smallest absolute Gasteiger partial charge is 0.103 e. The molecule has 0 aliphatic heterocycles. The lowest BCUT2D eigenvalue weighted by atomic mass is 10.3. The van der Waals surface area contributed by atoms with Gasteiger partial charge < -0.3 is 0 Å². The van der Waals surface area contributed by atoms with Crippen LogP contribution in [0.3, 0.4) is 0 Å². The zero-order chi connectivity index (χ0) is 5.28. The molecule has 2 unspecified atom stereocenters. The molecule has 1 saturated carbocycles. The molecule has 2 heteroatoms. The SMILES string of the molecule is [O]C1CCC(F)C1. The van der Waals surface area contributed by atoms with Crippen LogP contribution < -0.4 is 0 Å². The predicted octanol–water partition coefficient (Wildman–Crippen LogP) is 1.31. The van der Waals surface area contributed by atoms with E-state index in [2.05, 4.69) is 0 Å². The Labute approximate surface area is 42.2 Å². The molecule has 1 rings (SSSR count). The zero-order valence-corrected chi connectivity index (χ0v) is 4.06. The van der Waals surface area contributed by atoms with Crippen molar-refractivity contribution in [1.82, 2.24) is 0 Å². The summed E-state index contributed by atoms with van der Waals surface area (Å²) in [5.41, 5.74) is 0. The Balaban J connectivity index is 2.26. The molecule has 1 radical (unpaired) electrons. The van der Waals surface area contributed by atoms with E-state index in [1.165, 1.54) is 0 Å². The highest BCUT2D eigenvalue weighted by atomic mass is 19.1. The first kappa shape index (κ1) is 5.04. The van der Waals surface area contributed by atoms with E-state index in [1.807, 2.05) is 0 Å². The molecule has 0 N–H and O–H groups in total. The van der Waals surface area contributed by atoms with Gasteiger partial charge in [-0.2, -0.15) is 0 Å². The van der Waals surface area contributed by atoms with E-state index in [1.54, 1.807) is 0 Å². The molecular formula is C5H8FO. The van der Waals surface area contributed by atoms with Crippen LogP contribution in [-0.2, 0) is 5.11 Å². The second kappa shape index (κ2) is 1.78. The molecule has 0 saturated heterocycles. The monoisotopic (exact) mass is 103 g/mol. The lowest BCUT2D eigenvalue weighted by Crippen LogP contribution is -1.96. The molecule has 0 aromatic heterocycles. The van der Waals surface area contributed by atoms with Gasteiger partial charge >= 0.3 is 0 Å².